The second-order valence-electron chi connectivity index (χ2n) is 13.0. The maximum absolute atomic E-state index is 12.3. The van der Waals surface area contributed by atoms with E-state index in [9.17, 15) is 44.3 Å². The van der Waals surface area contributed by atoms with Gasteiger partial charge in [0.25, 0.3) is 0 Å². The van der Waals surface area contributed by atoms with Gasteiger partial charge in [0.2, 0.25) is 32.8 Å². The Hall–Kier alpha value is -6.71. The number of rotatable bonds is 5. The summed E-state index contributed by atoms with van der Waals surface area (Å²) in [5, 5.41) is 9.12. The molecule has 0 unspecified atom stereocenters. The molecule has 2 aliphatic rings. The number of nitrogens with one attached hydrogen (secondary N) is 3. The highest BCUT2D eigenvalue weighted by Crippen LogP contribution is 2.36. The van der Waals surface area contributed by atoms with Crippen LogP contribution in [0, 0.1) is 0 Å². The number of nitrogens with two attached hydrogens (primary N) is 1. The molecule has 0 fully saturated rings. The maximum atomic E-state index is 12.3. The van der Waals surface area contributed by atoms with Crippen LogP contribution in [0.15, 0.2) is 102 Å². The fraction of sp³-hybridized carbons (Fsp3) is 0.128. The van der Waals surface area contributed by atoms with Gasteiger partial charge in [-0.1, -0.05) is 23.2 Å². The fourth-order valence-electron chi connectivity index (χ4n) is 5.69. The zero-order valence-electron chi connectivity index (χ0n) is 31.4. The summed E-state index contributed by atoms with van der Waals surface area (Å²) in [4.78, 5) is 40.6. The van der Waals surface area contributed by atoms with Crippen molar-refractivity contribution in [2.45, 2.75) is 30.7 Å². The van der Waals surface area contributed by atoms with Crippen LogP contribution in [0.2, 0.25) is 10.0 Å². The molecule has 322 valence electrons. The number of alkyl halides is 6. The van der Waals surface area contributed by atoms with Crippen LogP contribution in [0.1, 0.15) is 11.1 Å². The van der Waals surface area contributed by atoms with Crippen LogP contribution >= 0.6 is 23.2 Å². The number of benzene rings is 4. The van der Waals surface area contributed by atoms with Gasteiger partial charge in [-0.2, -0.15) is 0 Å². The van der Waals surface area contributed by atoms with Crippen molar-refractivity contribution in [2.75, 3.05) is 27.9 Å². The number of ether oxygens (including phenoxy) is 2. The van der Waals surface area contributed by atoms with E-state index in [1.807, 2.05) is 0 Å². The molecular formula is C39H28Cl2F6N8O6S. The van der Waals surface area contributed by atoms with E-state index in [4.69, 9.17) is 28.9 Å². The highest BCUT2D eigenvalue weighted by atomic mass is 35.5. The number of aromatic nitrogens is 4. The molecule has 14 nitrogen and oxygen atoms in total. The summed E-state index contributed by atoms with van der Waals surface area (Å²) in [6.07, 6.45) is -5.27. The lowest BCUT2D eigenvalue weighted by atomic mass is 10.1. The number of hydrogen-bond donors (Lipinski definition) is 4. The number of amides is 2. The summed E-state index contributed by atoms with van der Waals surface area (Å²) in [5.41, 5.74) is 10.7. The van der Waals surface area contributed by atoms with Gasteiger partial charge in [-0.25, -0.2) is 28.4 Å². The zero-order valence-corrected chi connectivity index (χ0v) is 33.7. The van der Waals surface area contributed by atoms with Gasteiger partial charge in [-0.05, 0) is 84.9 Å². The van der Waals surface area contributed by atoms with Gasteiger partial charge >= 0.3 is 12.7 Å². The number of nitrogens with zero attached hydrogens (tertiary/aromatic N) is 4. The average Bonchev–Trinajstić information content (AvgIpc) is 3.39. The van der Waals surface area contributed by atoms with Crippen LogP contribution < -0.4 is 31.2 Å². The Morgan fingerprint density at radius 3 is 1.60 bits per heavy atom. The molecule has 0 saturated heterocycles. The highest BCUT2D eigenvalue weighted by molar-refractivity contribution is 7.90. The molecule has 0 atom stereocenters. The Morgan fingerprint density at radius 2 is 1.13 bits per heavy atom. The summed E-state index contributed by atoms with van der Waals surface area (Å²) < 4.78 is 102. The third-order valence-electron chi connectivity index (χ3n) is 8.22. The SMILES string of the molecule is CS(=O)(=O)c1ncc2c(n1)-c1ccc(Cl)cc1NC(=O)C2.Nc1ccc(OC(F)(F)F)cc1.O=C1Cc2cnc(Nc3ccc(OC(F)(F)F)cc3)nc2-c2ccc(Cl)cc2N1. The lowest BCUT2D eigenvalue weighted by Crippen LogP contribution is -2.17. The van der Waals surface area contributed by atoms with Crippen molar-refractivity contribution >= 4 is 73.6 Å². The first-order valence-electron chi connectivity index (χ1n) is 17.4. The van der Waals surface area contributed by atoms with Crippen molar-refractivity contribution in [2.24, 2.45) is 0 Å². The molecule has 0 saturated carbocycles. The molecule has 5 N–H and O–H groups in total. The summed E-state index contributed by atoms with van der Waals surface area (Å²) >= 11 is 11.9. The second kappa shape index (κ2) is 18.1. The quantitative estimate of drug-likeness (QED) is 0.0729. The molecule has 0 aliphatic carbocycles. The van der Waals surface area contributed by atoms with Gasteiger partial charge in [0, 0.05) is 62.3 Å². The predicted octanol–water partition coefficient (Wildman–Crippen LogP) is 8.80. The van der Waals surface area contributed by atoms with Crippen LogP contribution in [0.5, 0.6) is 11.5 Å². The first kappa shape index (κ1) is 44.8. The third-order valence-corrected chi connectivity index (χ3v) is 9.55. The molecule has 23 heteroatoms. The summed E-state index contributed by atoms with van der Waals surface area (Å²) in [6, 6.07) is 20.2. The number of halogens is 8. The third kappa shape index (κ3) is 12.2. The largest absolute Gasteiger partial charge is 0.573 e. The van der Waals surface area contributed by atoms with Gasteiger partial charge < -0.3 is 31.2 Å². The zero-order chi connectivity index (χ0) is 45.0. The minimum atomic E-state index is -4.75. The molecule has 4 aromatic carbocycles. The van der Waals surface area contributed by atoms with E-state index < -0.39 is 22.6 Å². The number of sulfone groups is 1. The topological polar surface area (TPSA) is 200 Å². The molecule has 62 heavy (non-hydrogen) atoms. The van der Waals surface area contributed by atoms with Gasteiger partial charge in [-0.15, -0.1) is 26.3 Å². The molecular weight excluding hydrogens is 893 g/mol. The Kier molecular flexibility index (Phi) is 13.1. The summed E-state index contributed by atoms with van der Waals surface area (Å²) in [6.45, 7) is 0. The lowest BCUT2D eigenvalue weighted by Gasteiger charge is -2.12. The van der Waals surface area contributed by atoms with Crippen molar-refractivity contribution in [1.82, 2.24) is 19.9 Å². The Balaban J connectivity index is 0.000000169. The predicted molar refractivity (Wildman–Crippen MR) is 217 cm³/mol. The minimum Gasteiger partial charge on any atom is -0.406 e. The Labute approximate surface area is 357 Å². The molecule has 0 bridgehead atoms. The van der Waals surface area contributed by atoms with E-state index in [-0.39, 0.29) is 47.3 Å². The van der Waals surface area contributed by atoms with Gasteiger partial charge in [-0.3, -0.25) is 9.59 Å². The minimum absolute atomic E-state index is 0.0751. The van der Waals surface area contributed by atoms with E-state index in [1.54, 1.807) is 36.4 Å². The fourth-order valence-corrected chi connectivity index (χ4v) is 6.53. The summed E-state index contributed by atoms with van der Waals surface area (Å²) in [7, 11) is -3.53. The molecule has 0 spiro atoms. The maximum Gasteiger partial charge on any atom is 0.573 e. The van der Waals surface area contributed by atoms with Crippen molar-refractivity contribution in [3.8, 4) is 34.0 Å². The highest BCUT2D eigenvalue weighted by Gasteiger charge is 2.32. The van der Waals surface area contributed by atoms with Gasteiger partial charge in [0.1, 0.15) is 11.5 Å². The Bertz CT molecular complexity index is 2760. The number of carbonyl (C=O) groups is 2. The number of hydrogen-bond acceptors (Lipinski definition) is 12. The standard InChI is InChI=1S/C19H12ClF3N4O2.C13H10ClN3O3S.C7H6F3NO/c20-11-1-6-14-15(8-11)26-16(28)7-10-9-24-18(27-17(10)14)25-12-2-4-13(5-3-12)29-19(21,22)23;1-21(19,20)13-15-6-7-4-11(18)16-10-5-8(14)2-3-9(10)12(7)17-13;8-7(9,10)12-6-3-1-5(11)2-4-6/h1-6,8-9H,7H2,(H,26,28)(H,24,25,27);2-3,5-6H,4H2,1H3,(H,16,18);1-4H,11H2. The lowest BCUT2D eigenvalue weighted by molar-refractivity contribution is -0.275. The Morgan fingerprint density at radius 1 is 0.677 bits per heavy atom. The van der Waals surface area contributed by atoms with Crippen molar-refractivity contribution in [3.63, 3.8) is 0 Å². The van der Waals surface area contributed by atoms with Crippen LogP contribution in [-0.4, -0.2) is 59.1 Å². The first-order chi connectivity index (χ1) is 29.1. The van der Waals surface area contributed by atoms with E-state index in [0.717, 1.165) is 18.4 Å². The smallest absolute Gasteiger partial charge is 0.406 e. The first-order valence-corrected chi connectivity index (χ1v) is 20.1. The van der Waals surface area contributed by atoms with Crippen molar-refractivity contribution in [1.29, 1.82) is 0 Å². The number of carbonyl (C=O) groups excluding carboxylic acids is 2. The normalized spacial score (nSPS) is 13.0. The number of nitrogen functional groups attached to an aromatic ring is 1. The van der Waals surface area contributed by atoms with Crippen molar-refractivity contribution in [3.05, 3.63) is 118 Å². The monoisotopic (exact) mass is 920 g/mol. The van der Waals surface area contributed by atoms with E-state index >= 15 is 0 Å². The van der Waals surface area contributed by atoms with E-state index in [2.05, 4.69) is 45.4 Å². The van der Waals surface area contributed by atoms with Gasteiger partial charge in [0.05, 0.1) is 35.6 Å². The van der Waals surface area contributed by atoms with Gasteiger partial charge in [0.15, 0.2) is 0 Å². The molecule has 2 aromatic heterocycles. The van der Waals surface area contributed by atoms with Crippen LogP contribution in [0.25, 0.3) is 22.5 Å². The van der Waals surface area contributed by atoms with Crippen LogP contribution in [0.4, 0.5) is 55.0 Å². The molecule has 2 amide bonds. The second-order valence-corrected chi connectivity index (χ2v) is 15.8. The van der Waals surface area contributed by atoms with Crippen LogP contribution in [-0.2, 0) is 32.3 Å². The number of fused-ring (bicyclic) bond motifs is 6. The molecule has 6 aromatic rings. The molecule has 4 heterocycles. The molecule has 2 aliphatic heterocycles. The summed E-state index contributed by atoms with van der Waals surface area (Å²) in [5.74, 6) is -0.814. The average molecular weight is 922 g/mol. The van der Waals surface area contributed by atoms with E-state index in [1.165, 1.54) is 48.8 Å². The van der Waals surface area contributed by atoms with E-state index in [0.29, 0.717) is 66.4 Å². The number of anilines is 5. The van der Waals surface area contributed by atoms with Crippen molar-refractivity contribution < 1.29 is 53.8 Å². The molecule has 0 radical (unpaired) electrons. The molecule has 8 rings (SSSR count). The van der Waals surface area contributed by atoms with Crippen LogP contribution in [0.3, 0.4) is 0 Å².